The van der Waals surface area contributed by atoms with E-state index in [-0.39, 0.29) is 12.0 Å². The van der Waals surface area contributed by atoms with Crippen LogP contribution in [-0.2, 0) is 16.6 Å². The summed E-state index contributed by atoms with van der Waals surface area (Å²) in [6.07, 6.45) is 2.31. The summed E-state index contributed by atoms with van der Waals surface area (Å²) in [7, 11) is 3.28. The molecule has 1 aromatic heterocycles. The van der Waals surface area contributed by atoms with Gasteiger partial charge in [-0.25, -0.2) is 4.79 Å². The van der Waals surface area contributed by atoms with E-state index in [9.17, 15) is 4.79 Å². The summed E-state index contributed by atoms with van der Waals surface area (Å²) in [5, 5.41) is 11.1. The van der Waals surface area contributed by atoms with Crippen LogP contribution < -0.4 is 5.32 Å². The van der Waals surface area contributed by atoms with Crippen molar-refractivity contribution in [3.63, 3.8) is 0 Å². The minimum absolute atomic E-state index is 0.267. The van der Waals surface area contributed by atoms with Gasteiger partial charge >= 0.3 is 5.97 Å². The molecule has 1 heterocycles. The second-order valence-electron chi connectivity index (χ2n) is 4.47. The van der Waals surface area contributed by atoms with Gasteiger partial charge in [-0.05, 0) is 18.6 Å². The Balaban J connectivity index is 2.22. The van der Waals surface area contributed by atoms with Crippen molar-refractivity contribution >= 4 is 11.7 Å². The first-order valence-electron chi connectivity index (χ1n) is 6.44. The molecule has 0 aliphatic carbocycles. The SMILES string of the molecule is CCC(Nc1cccc(-c2nncn2C)c1)C(=O)OC. The molecule has 6 heteroatoms. The summed E-state index contributed by atoms with van der Waals surface area (Å²) >= 11 is 0. The van der Waals surface area contributed by atoms with E-state index in [0.29, 0.717) is 6.42 Å². The molecule has 0 bridgehead atoms. The van der Waals surface area contributed by atoms with E-state index >= 15 is 0 Å². The van der Waals surface area contributed by atoms with Crippen molar-refractivity contribution in [3.8, 4) is 11.4 Å². The fraction of sp³-hybridized carbons (Fsp3) is 0.357. The number of carbonyl (C=O) groups is 1. The highest BCUT2D eigenvalue weighted by Gasteiger charge is 2.16. The molecule has 106 valence electrons. The van der Waals surface area contributed by atoms with E-state index in [1.165, 1.54) is 7.11 Å². The zero-order valence-corrected chi connectivity index (χ0v) is 11.8. The molecule has 1 atom stereocenters. The first kappa shape index (κ1) is 14.0. The van der Waals surface area contributed by atoms with Gasteiger partial charge < -0.3 is 14.6 Å². The Morgan fingerprint density at radius 2 is 2.30 bits per heavy atom. The van der Waals surface area contributed by atoms with Gasteiger partial charge in [0.1, 0.15) is 12.4 Å². The Bertz CT molecular complexity index is 594. The second-order valence-corrected chi connectivity index (χ2v) is 4.47. The number of carbonyl (C=O) groups excluding carboxylic acids is 1. The molecule has 0 spiro atoms. The van der Waals surface area contributed by atoms with Crippen LogP contribution in [0.4, 0.5) is 5.69 Å². The lowest BCUT2D eigenvalue weighted by atomic mass is 10.1. The summed E-state index contributed by atoms with van der Waals surface area (Å²) in [6, 6.07) is 7.36. The van der Waals surface area contributed by atoms with Gasteiger partial charge in [0, 0.05) is 18.3 Å². The summed E-state index contributed by atoms with van der Waals surface area (Å²) in [4.78, 5) is 11.6. The van der Waals surface area contributed by atoms with Crippen molar-refractivity contribution in [2.45, 2.75) is 19.4 Å². The van der Waals surface area contributed by atoms with Gasteiger partial charge in [0.05, 0.1) is 7.11 Å². The van der Waals surface area contributed by atoms with Gasteiger partial charge in [0.2, 0.25) is 0 Å². The van der Waals surface area contributed by atoms with Crippen LogP contribution in [0.5, 0.6) is 0 Å². The number of aryl methyl sites for hydroxylation is 1. The van der Waals surface area contributed by atoms with Gasteiger partial charge in [0.15, 0.2) is 5.82 Å². The van der Waals surface area contributed by atoms with Crippen LogP contribution in [0.1, 0.15) is 13.3 Å². The van der Waals surface area contributed by atoms with Gasteiger partial charge in [-0.1, -0.05) is 19.1 Å². The molecule has 0 saturated heterocycles. The second kappa shape index (κ2) is 6.18. The van der Waals surface area contributed by atoms with Crippen LogP contribution in [-0.4, -0.2) is 33.9 Å². The molecular formula is C14H18N4O2. The van der Waals surface area contributed by atoms with E-state index < -0.39 is 0 Å². The number of esters is 1. The van der Waals surface area contributed by atoms with E-state index in [1.54, 1.807) is 6.33 Å². The Labute approximate surface area is 117 Å². The Morgan fingerprint density at radius 3 is 2.90 bits per heavy atom. The van der Waals surface area contributed by atoms with Crippen molar-refractivity contribution in [1.82, 2.24) is 14.8 Å². The molecule has 1 N–H and O–H groups in total. The fourth-order valence-corrected chi connectivity index (χ4v) is 1.96. The molecule has 1 aromatic carbocycles. The molecule has 1 unspecified atom stereocenters. The average Bonchev–Trinajstić information content (AvgIpc) is 2.90. The number of methoxy groups -OCH3 is 1. The Morgan fingerprint density at radius 1 is 1.50 bits per heavy atom. The number of aromatic nitrogens is 3. The summed E-state index contributed by atoms with van der Waals surface area (Å²) < 4.78 is 6.61. The maximum absolute atomic E-state index is 11.6. The van der Waals surface area contributed by atoms with Crippen LogP contribution in [0.2, 0.25) is 0 Å². The average molecular weight is 274 g/mol. The first-order valence-corrected chi connectivity index (χ1v) is 6.44. The van der Waals surface area contributed by atoms with Crippen molar-refractivity contribution in [3.05, 3.63) is 30.6 Å². The molecular weight excluding hydrogens is 256 g/mol. The number of nitrogens with zero attached hydrogens (tertiary/aromatic N) is 3. The van der Waals surface area contributed by atoms with Gasteiger partial charge in [-0.15, -0.1) is 10.2 Å². The highest BCUT2D eigenvalue weighted by atomic mass is 16.5. The lowest BCUT2D eigenvalue weighted by Crippen LogP contribution is -2.29. The topological polar surface area (TPSA) is 69.0 Å². The highest BCUT2D eigenvalue weighted by Crippen LogP contribution is 2.21. The minimum atomic E-state index is -0.352. The van der Waals surface area contributed by atoms with Gasteiger partial charge in [-0.3, -0.25) is 0 Å². The largest absolute Gasteiger partial charge is 0.467 e. The van der Waals surface area contributed by atoms with Crippen LogP contribution in [0, 0.1) is 0 Å². The molecule has 0 radical (unpaired) electrons. The van der Waals surface area contributed by atoms with Crippen molar-refractivity contribution in [2.24, 2.45) is 7.05 Å². The van der Waals surface area contributed by atoms with Crippen molar-refractivity contribution in [1.29, 1.82) is 0 Å². The maximum atomic E-state index is 11.6. The lowest BCUT2D eigenvalue weighted by Gasteiger charge is -2.16. The number of benzene rings is 1. The smallest absolute Gasteiger partial charge is 0.328 e. The molecule has 2 aromatic rings. The first-order chi connectivity index (χ1) is 9.65. The highest BCUT2D eigenvalue weighted by molar-refractivity contribution is 5.79. The number of hydrogen-bond acceptors (Lipinski definition) is 5. The zero-order chi connectivity index (χ0) is 14.5. The number of ether oxygens (including phenoxy) is 1. The molecule has 2 rings (SSSR count). The standard InChI is InChI=1S/C14H18N4O2/c1-4-12(14(19)20-3)16-11-7-5-6-10(8-11)13-17-15-9-18(13)2/h5-9,12,16H,4H2,1-3H3. The third kappa shape index (κ3) is 2.96. The van der Waals surface area contributed by atoms with Crippen LogP contribution in [0.3, 0.4) is 0 Å². The number of nitrogens with one attached hydrogen (secondary N) is 1. The van der Waals surface area contributed by atoms with E-state index in [0.717, 1.165) is 17.1 Å². The van der Waals surface area contributed by atoms with Crippen LogP contribution >= 0.6 is 0 Å². The number of hydrogen-bond donors (Lipinski definition) is 1. The third-order valence-electron chi connectivity index (χ3n) is 3.07. The van der Waals surface area contributed by atoms with Crippen LogP contribution in [0.15, 0.2) is 30.6 Å². The normalized spacial score (nSPS) is 11.9. The van der Waals surface area contributed by atoms with E-state index in [4.69, 9.17) is 4.74 Å². The van der Waals surface area contributed by atoms with Crippen LogP contribution in [0.25, 0.3) is 11.4 Å². The van der Waals surface area contributed by atoms with Crippen molar-refractivity contribution < 1.29 is 9.53 Å². The number of rotatable bonds is 5. The Hall–Kier alpha value is -2.37. The lowest BCUT2D eigenvalue weighted by molar-refractivity contribution is -0.141. The zero-order valence-electron chi connectivity index (χ0n) is 11.8. The van der Waals surface area contributed by atoms with E-state index in [2.05, 4.69) is 15.5 Å². The van der Waals surface area contributed by atoms with Gasteiger partial charge in [-0.2, -0.15) is 0 Å². The van der Waals surface area contributed by atoms with E-state index in [1.807, 2.05) is 42.8 Å². The quantitative estimate of drug-likeness (QED) is 0.843. The number of anilines is 1. The third-order valence-corrected chi connectivity index (χ3v) is 3.07. The molecule has 0 saturated carbocycles. The monoisotopic (exact) mass is 274 g/mol. The molecule has 6 nitrogen and oxygen atoms in total. The fourth-order valence-electron chi connectivity index (χ4n) is 1.96. The predicted octanol–water partition coefficient (Wildman–Crippen LogP) is 1.85. The summed E-state index contributed by atoms with van der Waals surface area (Å²) in [6.45, 7) is 1.93. The molecule has 0 amide bonds. The predicted molar refractivity (Wildman–Crippen MR) is 76.2 cm³/mol. The maximum Gasteiger partial charge on any atom is 0.328 e. The summed E-state index contributed by atoms with van der Waals surface area (Å²) in [5.74, 6) is 0.510. The molecule has 0 aliphatic heterocycles. The minimum Gasteiger partial charge on any atom is -0.467 e. The van der Waals surface area contributed by atoms with Gasteiger partial charge in [0.25, 0.3) is 0 Å². The molecule has 0 fully saturated rings. The Kier molecular flexibility index (Phi) is 4.34. The van der Waals surface area contributed by atoms with Crippen molar-refractivity contribution in [2.75, 3.05) is 12.4 Å². The summed E-state index contributed by atoms with van der Waals surface area (Å²) in [5.41, 5.74) is 1.79. The molecule has 20 heavy (non-hydrogen) atoms. The molecule has 0 aliphatic rings.